The lowest BCUT2D eigenvalue weighted by Gasteiger charge is -2.31. The Kier molecular flexibility index (Phi) is 1.92. The minimum atomic E-state index is -2.77. The Balaban J connectivity index is 2.26. The standard InChI is InChI=1S/C8H15NO2S/c1-6-5-12(10,11)8-4-2-3-7(8)9-6/h6-9H,2-5H2,1H3. The van der Waals surface area contributed by atoms with Crippen molar-refractivity contribution in [2.75, 3.05) is 5.75 Å². The van der Waals surface area contributed by atoms with Crippen LogP contribution in [0.25, 0.3) is 0 Å². The zero-order chi connectivity index (χ0) is 8.77. The Hall–Kier alpha value is -0.0900. The second-order valence-corrected chi connectivity index (χ2v) is 6.24. The Morgan fingerprint density at radius 1 is 1.33 bits per heavy atom. The molecule has 0 amide bonds. The van der Waals surface area contributed by atoms with E-state index in [-0.39, 0.29) is 17.3 Å². The van der Waals surface area contributed by atoms with Crippen LogP contribution in [0.2, 0.25) is 0 Å². The van der Waals surface area contributed by atoms with Crippen LogP contribution >= 0.6 is 0 Å². The monoisotopic (exact) mass is 189 g/mol. The van der Waals surface area contributed by atoms with Crippen LogP contribution in [0.5, 0.6) is 0 Å². The van der Waals surface area contributed by atoms with Crippen molar-refractivity contribution < 1.29 is 8.42 Å². The Morgan fingerprint density at radius 3 is 2.83 bits per heavy atom. The molecule has 2 rings (SSSR count). The first-order valence-corrected chi connectivity index (χ1v) is 6.29. The van der Waals surface area contributed by atoms with Gasteiger partial charge >= 0.3 is 0 Å². The molecule has 70 valence electrons. The molecule has 0 radical (unpaired) electrons. The number of hydrogen-bond donors (Lipinski definition) is 1. The molecule has 3 nitrogen and oxygen atoms in total. The molecule has 3 atom stereocenters. The third kappa shape index (κ3) is 1.27. The average Bonchev–Trinajstić information content (AvgIpc) is 2.32. The van der Waals surface area contributed by atoms with Gasteiger partial charge in [-0.1, -0.05) is 6.42 Å². The van der Waals surface area contributed by atoms with Crippen LogP contribution in [0.3, 0.4) is 0 Å². The van der Waals surface area contributed by atoms with E-state index in [4.69, 9.17) is 0 Å². The maximum atomic E-state index is 11.6. The highest BCUT2D eigenvalue weighted by Crippen LogP contribution is 2.29. The van der Waals surface area contributed by atoms with Crippen molar-refractivity contribution in [1.29, 1.82) is 0 Å². The first kappa shape index (κ1) is 8.51. The first-order valence-electron chi connectivity index (χ1n) is 4.57. The largest absolute Gasteiger partial charge is 0.309 e. The molecule has 1 N–H and O–H groups in total. The van der Waals surface area contributed by atoms with Gasteiger partial charge in [0.25, 0.3) is 0 Å². The lowest BCUT2D eigenvalue weighted by molar-refractivity contribution is 0.435. The maximum Gasteiger partial charge on any atom is 0.156 e. The molecule has 0 spiro atoms. The number of fused-ring (bicyclic) bond motifs is 1. The van der Waals surface area contributed by atoms with Gasteiger partial charge in [0, 0.05) is 12.1 Å². The van der Waals surface area contributed by atoms with E-state index in [1.807, 2.05) is 6.92 Å². The van der Waals surface area contributed by atoms with Crippen molar-refractivity contribution >= 4 is 9.84 Å². The summed E-state index contributed by atoms with van der Waals surface area (Å²) in [6.07, 6.45) is 2.97. The Bertz CT molecular complexity index is 273. The molecule has 1 saturated heterocycles. The SMILES string of the molecule is CC1CS(=O)(=O)C2CCCC2N1. The van der Waals surface area contributed by atoms with Crippen LogP contribution < -0.4 is 5.32 Å². The summed E-state index contributed by atoms with van der Waals surface area (Å²) in [4.78, 5) is 0. The molecular weight excluding hydrogens is 174 g/mol. The van der Waals surface area contributed by atoms with Gasteiger partial charge in [0.15, 0.2) is 9.84 Å². The lowest BCUT2D eigenvalue weighted by Crippen LogP contribution is -2.53. The van der Waals surface area contributed by atoms with E-state index in [1.165, 1.54) is 0 Å². The quantitative estimate of drug-likeness (QED) is 0.596. The smallest absolute Gasteiger partial charge is 0.156 e. The minimum Gasteiger partial charge on any atom is -0.309 e. The van der Waals surface area contributed by atoms with Crippen LogP contribution in [0.15, 0.2) is 0 Å². The van der Waals surface area contributed by atoms with E-state index in [0.29, 0.717) is 5.75 Å². The fourth-order valence-corrected chi connectivity index (χ4v) is 4.71. The molecule has 0 bridgehead atoms. The molecule has 0 aromatic heterocycles. The van der Waals surface area contributed by atoms with E-state index >= 15 is 0 Å². The van der Waals surface area contributed by atoms with Crippen LogP contribution in [0.1, 0.15) is 26.2 Å². The fraction of sp³-hybridized carbons (Fsp3) is 1.00. The molecule has 1 heterocycles. The highest BCUT2D eigenvalue weighted by molar-refractivity contribution is 7.92. The summed E-state index contributed by atoms with van der Waals surface area (Å²) in [5.74, 6) is 0.328. The number of hydrogen-bond acceptors (Lipinski definition) is 3. The van der Waals surface area contributed by atoms with Crippen LogP contribution in [-0.4, -0.2) is 31.5 Å². The summed E-state index contributed by atoms with van der Waals surface area (Å²) in [5, 5.41) is 3.28. The topological polar surface area (TPSA) is 46.2 Å². The van der Waals surface area contributed by atoms with Gasteiger partial charge in [0.1, 0.15) is 0 Å². The molecule has 12 heavy (non-hydrogen) atoms. The highest BCUT2D eigenvalue weighted by atomic mass is 32.2. The van der Waals surface area contributed by atoms with Crippen molar-refractivity contribution in [2.24, 2.45) is 0 Å². The molecule has 0 aromatic rings. The van der Waals surface area contributed by atoms with Crippen LogP contribution in [0.4, 0.5) is 0 Å². The number of rotatable bonds is 0. The summed E-state index contributed by atoms with van der Waals surface area (Å²) < 4.78 is 23.3. The van der Waals surface area contributed by atoms with Gasteiger partial charge in [-0.25, -0.2) is 8.42 Å². The van der Waals surface area contributed by atoms with Crippen LogP contribution in [-0.2, 0) is 9.84 Å². The van der Waals surface area contributed by atoms with Crippen molar-refractivity contribution in [2.45, 2.75) is 43.5 Å². The van der Waals surface area contributed by atoms with Gasteiger partial charge < -0.3 is 5.32 Å². The van der Waals surface area contributed by atoms with Crippen molar-refractivity contribution in [1.82, 2.24) is 5.32 Å². The van der Waals surface area contributed by atoms with Crippen LogP contribution in [0, 0.1) is 0 Å². The summed E-state index contributed by atoms with van der Waals surface area (Å²) in [5.41, 5.74) is 0. The molecule has 2 fully saturated rings. The van der Waals surface area contributed by atoms with E-state index in [2.05, 4.69) is 5.32 Å². The summed E-state index contributed by atoms with van der Waals surface area (Å²) in [7, 11) is -2.77. The molecular formula is C8H15NO2S. The molecule has 1 aliphatic carbocycles. The van der Waals surface area contributed by atoms with E-state index in [9.17, 15) is 8.42 Å². The minimum absolute atomic E-state index is 0.0753. The van der Waals surface area contributed by atoms with Gasteiger partial charge in [-0.05, 0) is 19.8 Å². The first-order chi connectivity index (χ1) is 5.59. The zero-order valence-corrected chi connectivity index (χ0v) is 8.10. The third-order valence-corrected chi connectivity index (χ3v) is 5.35. The predicted molar refractivity (Wildman–Crippen MR) is 47.8 cm³/mol. The zero-order valence-electron chi connectivity index (χ0n) is 7.29. The van der Waals surface area contributed by atoms with Gasteiger partial charge in [0.2, 0.25) is 0 Å². The van der Waals surface area contributed by atoms with E-state index < -0.39 is 9.84 Å². The number of sulfone groups is 1. The Labute approximate surface area is 73.5 Å². The second-order valence-electron chi connectivity index (χ2n) is 3.97. The van der Waals surface area contributed by atoms with Gasteiger partial charge in [-0.2, -0.15) is 0 Å². The highest BCUT2D eigenvalue weighted by Gasteiger charge is 2.42. The lowest BCUT2D eigenvalue weighted by atomic mass is 10.2. The molecule has 1 aliphatic heterocycles. The van der Waals surface area contributed by atoms with Gasteiger partial charge in [-0.3, -0.25) is 0 Å². The normalized spacial score (nSPS) is 45.6. The molecule has 0 aromatic carbocycles. The Morgan fingerprint density at radius 2 is 2.08 bits per heavy atom. The van der Waals surface area contributed by atoms with Gasteiger partial charge in [-0.15, -0.1) is 0 Å². The van der Waals surface area contributed by atoms with E-state index in [0.717, 1.165) is 19.3 Å². The van der Waals surface area contributed by atoms with Crippen molar-refractivity contribution in [3.05, 3.63) is 0 Å². The molecule has 3 unspecified atom stereocenters. The molecule has 1 saturated carbocycles. The summed E-state index contributed by atoms with van der Waals surface area (Å²) >= 11 is 0. The summed E-state index contributed by atoms with van der Waals surface area (Å²) in [6, 6.07) is 0.396. The summed E-state index contributed by atoms with van der Waals surface area (Å²) in [6.45, 7) is 1.95. The molecule has 2 aliphatic rings. The second kappa shape index (κ2) is 2.70. The van der Waals surface area contributed by atoms with Gasteiger partial charge in [0.05, 0.1) is 11.0 Å². The number of nitrogens with one attached hydrogen (secondary N) is 1. The average molecular weight is 189 g/mol. The van der Waals surface area contributed by atoms with Crippen molar-refractivity contribution in [3.8, 4) is 0 Å². The predicted octanol–water partition coefficient (Wildman–Crippen LogP) is 0.314. The molecule has 4 heteroatoms. The fourth-order valence-electron chi connectivity index (χ4n) is 2.43. The third-order valence-electron chi connectivity index (χ3n) is 2.89. The maximum absolute atomic E-state index is 11.6. The van der Waals surface area contributed by atoms with E-state index in [1.54, 1.807) is 0 Å². The van der Waals surface area contributed by atoms with Crippen molar-refractivity contribution in [3.63, 3.8) is 0 Å².